The third-order valence-electron chi connectivity index (χ3n) is 2.47. The van der Waals surface area contributed by atoms with Gasteiger partial charge in [0.05, 0.1) is 21.4 Å². The lowest BCUT2D eigenvalue weighted by atomic mass is 10.1. The van der Waals surface area contributed by atoms with E-state index in [9.17, 15) is 4.79 Å². The number of rotatable bonds is 2. The Balaban J connectivity index is 3.02. The third-order valence-corrected chi connectivity index (χ3v) is 4.48. The number of Topliss-reactive ketones (excluding diaryl/α,β-unsaturated/α-hetero) is 1. The number of carbonyl (C=O) groups is 1. The van der Waals surface area contributed by atoms with E-state index in [1.807, 2.05) is 6.92 Å². The molecule has 0 spiro atoms. The van der Waals surface area contributed by atoms with Crippen molar-refractivity contribution in [2.24, 2.45) is 5.92 Å². The van der Waals surface area contributed by atoms with Gasteiger partial charge in [0, 0.05) is 11.5 Å². The first-order chi connectivity index (χ1) is 6.38. The van der Waals surface area contributed by atoms with Crippen LogP contribution in [0.15, 0.2) is 23.1 Å². The fourth-order valence-electron chi connectivity index (χ4n) is 1.66. The third kappa shape index (κ3) is 1.98. The van der Waals surface area contributed by atoms with Gasteiger partial charge < -0.3 is 4.74 Å². The summed E-state index contributed by atoms with van der Waals surface area (Å²) < 4.78 is 4.93. The molecule has 0 aliphatic heterocycles. The summed E-state index contributed by atoms with van der Waals surface area (Å²) in [6, 6.07) is 0. The highest BCUT2D eigenvalue weighted by Crippen LogP contribution is 2.31. The fraction of sp³-hybridized carbons (Fsp3) is 0.545. The van der Waals surface area contributed by atoms with Crippen molar-refractivity contribution in [3.8, 4) is 0 Å². The molecule has 1 unspecified atom stereocenters. The maximum atomic E-state index is 12.0. The molecule has 0 bridgehead atoms. The molecule has 3 heteroatoms. The molecule has 0 aromatic rings. The molecule has 2 nitrogen and oxygen atoms in total. The van der Waals surface area contributed by atoms with E-state index in [1.165, 1.54) is 0 Å². The molecule has 0 fully saturated rings. The number of hydrogen-bond donors (Lipinski definition) is 0. The van der Waals surface area contributed by atoms with Crippen LogP contribution in [0.2, 0.25) is 19.6 Å². The topological polar surface area (TPSA) is 26.3 Å². The minimum atomic E-state index is -1.48. The fourth-order valence-corrected chi connectivity index (χ4v) is 3.23. The molecule has 0 aromatic heterocycles. The van der Waals surface area contributed by atoms with Crippen LogP contribution in [0.25, 0.3) is 0 Å². The molecule has 0 saturated heterocycles. The SMILES string of the molecule is CO/C=C1\C(=O)C([Si](C)(C)C)=CC1C. The normalized spacial score (nSPS) is 25.5. The molecule has 0 saturated carbocycles. The smallest absolute Gasteiger partial charge is 0.184 e. The van der Waals surface area contributed by atoms with Gasteiger partial charge in [0.1, 0.15) is 0 Å². The first-order valence-corrected chi connectivity index (χ1v) is 8.37. The Labute approximate surface area is 86.7 Å². The van der Waals surface area contributed by atoms with E-state index in [-0.39, 0.29) is 11.7 Å². The zero-order valence-corrected chi connectivity index (χ0v) is 10.5. The predicted molar refractivity (Wildman–Crippen MR) is 60.7 cm³/mol. The first kappa shape index (κ1) is 11.2. The molecule has 0 radical (unpaired) electrons. The largest absolute Gasteiger partial charge is 0.504 e. The van der Waals surface area contributed by atoms with Crippen molar-refractivity contribution >= 4 is 13.9 Å². The number of ketones is 1. The highest BCUT2D eigenvalue weighted by Gasteiger charge is 2.34. The molecule has 0 N–H and O–H groups in total. The van der Waals surface area contributed by atoms with Gasteiger partial charge >= 0.3 is 0 Å². The van der Waals surface area contributed by atoms with Crippen molar-refractivity contribution in [1.82, 2.24) is 0 Å². The zero-order valence-electron chi connectivity index (χ0n) is 9.55. The predicted octanol–water partition coefficient (Wildman–Crippen LogP) is 2.54. The lowest BCUT2D eigenvalue weighted by Gasteiger charge is -2.15. The van der Waals surface area contributed by atoms with Gasteiger partial charge in [-0.15, -0.1) is 0 Å². The Bertz CT molecular complexity index is 308. The average Bonchev–Trinajstić information content (AvgIpc) is 2.31. The maximum Gasteiger partial charge on any atom is 0.184 e. The molecule has 0 aromatic carbocycles. The Kier molecular flexibility index (Phi) is 3.00. The molecular weight excluding hydrogens is 192 g/mol. The summed E-state index contributed by atoms with van der Waals surface area (Å²) >= 11 is 0. The number of allylic oxidation sites excluding steroid dienone is 3. The Morgan fingerprint density at radius 2 is 2.00 bits per heavy atom. The van der Waals surface area contributed by atoms with Crippen molar-refractivity contribution in [2.45, 2.75) is 26.6 Å². The highest BCUT2D eigenvalue weighted by atomic mass is 28.3. The molecular formula is C11H18O2Si. The van der Waals surface area contributed by atoms with Crippen LogP contribution in [0.4, 0.5) is 0 Å². The van der Waals surface area contributed by atoms with Gasteiger partial charge in [0.25, 0.3) is 0 Å². The van der Waals surface area contributed by atoms with Crippen LogP contribution >= 0.6 is 0 Å². The Morgan fingerprint density at radius 3 is 2.36 bits per heavy atom. The molecule has 1 atom stereocenters. The van der Waals surface area contributed by atoms with E-state index in [4.69, 9.17) is 4.74 Å². The summed E-state index contributed by atoms with van der Waals surface area (Å²) in [4.78, 5) is 12.0. The monoisotopic (exact) mass is 210 g/mol. The summed E-state index contributed by atoms with van der Waals surface area (Å²) in [5.41, 5.74) is 0.796. The van der Waals surface area contributed by atoms with Gasteiger partial charge in [-0.25, -0.2) is 0 Å². The lowest BCUT2D eigenvalue weighted by Crippen LogP contribution is -2.27. The van der Waals surface area contributed by atoms with E-state index in [1.54, 1.807) is 13.4 Å². The van der Waals surface area contributed by atoms with Gasteiger partial charge in [-0.3, -0.25) is 4.79 Å². The van der Waals surface area contributed by atoms with Crippen LogP contribution < -0.4 is 0 Å². The molecule has 14 heavy (non-hydrogen) atoms. The van der Waals surface area contributed by atoms with E-state index in [2.05, 4.69) is 25.7 Å². The molecule has 1 aliphatic rings. The van der Waals surface area contributed by atoms with Crippen LogP contribution in [0, 0.1) is 5.92 Å². The summed E-state index contributed by atoms with van der Waals surface area (Å²) in [6.45, 7) is 8.62. The van der Waals surface area contributed by atoms with Crippen molar-refractivity contribution in [3.63, 3.8) is 0 Å². The van der Waals surface area contributed by atoms with Crippen LogP contribution in [-0.4, -0.2) is 21.0 Å². The second-order valence-electron chi connectivity index (χ2n) is 4.76. The quantitative estimate of drug-likeness (QED) is 0.398. The number of ether oxygens (including phenoxy) is 1. The van der Waals surface area contributed by atoms with Crippen LogP contribution in [0.1, 0.15) is 6.92 Å². The summed E-state index contributed by atoms with van der Waals surface area (Å²) in [7, 11) is 0.0982. The van der Waals surface area contributed by atoms with Crippen molar-refractivity contribution in [1.29, 1.82) is 0 Å². The van der Waals surface area contributed by atoms with E-state index in [0.717, 1.165) is 10.8 Å². The van der Waals surface area contributed by atoms with Gasteiger partial charge in [-0.2, -0.15) is 0 Å². The van der Waals surface area contributed by atoms with Crippen LogP contribution in [-0.2, 0) is 9.53 Å². The zero-order chi connectivity index (χ0) is 10.9. The standard InChI is InChI=1S/C11H18O2Si/c1-8-6-10(14(3,4)5)11(12)9(8)7-13-2/h6-8H,1-5H3/b9-7-. The summed E-state index contributed by atoms with van der Waals surface area (Å²) in [5, 5.41) is 1.04. The average molecular weight is 210 g/mol. The Hall–Kier alpha value is -0.833. The first-order valence-electron chi connectivity index (χ1n) is 4.87. The van der Waals surface area contributed by atoms with Gasteiger partial charge in [-0.1, -0.05) is 32.6 Å². The van der Waals surface area contributed by atoms with Crippen LogP contribution in [0.5, 0.6) is 0 Å². The number of carbonyl (C=O) groups excluding carboxylic acids is 1. The second-order valence-corrected chi connectivity index (χ2v) is 9.80. The molecule has 1 aliphatic carbocycles. The van der Waals surface area contributed by atoms with Crippen molar-refractivity contribution in [3.05, 3.63) is 23.1 Å². The van der Waals surface area contributed by atoms with Crippen LogP contribution in [0.3, 0.4) is 0 Å². The number of hydrogen-bond acceptors (Lipinski definition) is 2. The van der Waals surface area contributed by atoms with E-state index >= 15 is 0 Å². The lowest BCUT2D eigenvalue weighted by molar-refractivity contribution is -0.111. The van der Waals surface area contributed by atoms with Crippen molar-refractivity contribution < 1.29 is 9.53 Å². The van der Waals surface area contributed by atoms with Gasteiger partial charge in [0.15, 0.2) is 5.78 Å². The second kappa shape index (κ2) is 3.73. The van der Waals surface area contributed by atoms with E-state index < -0.39 is 8.07 Å². The molecule has 0 heterocycles. The molecule has 0 amide bonds. The highest BCUT2D eigenvalue weighted by molar-refractivity contribution is 6.88. The molecule has 1 rings (SSSR count). The molecule has 78 valence electrons. The number of methoxy groups -OCH3 is 1. The maximum absolute atomic E-state index is 12.0. The van der Waals surface area contributed by atoms with Gasteiger partial charge in [-0.05, 0) is 5.20 Å². The van der Waals surface area contributed by atoms with Crippen molar-refractivity contribution in [2.75, 3.05) is 7.11 Å². The minimum Gasteiger partial charge on any atom is -0.504 e. The Morgan fingerprint density at radius 1 is 1.43 bits per heavy atom. The van der Waals surface area contributed by atoms with Gasteiger partial charge in [0.2, 0.25) is 0 Å². The summed E-state index contributed by atoms with van der Waals surface area (Å²) in [6.07, 6.45) is 3.68. The minimum absolute atomic E-state index is 0.193. The van der Waals surface area contributed by atoms with E-state index in [0.29, 0.717) is 0 Å². The summed E-state index contributed by atoms with van der Waals surface area (Å²) in [5.74, 6) is 0.405.